The van der Waals surface area contributed by atoms with Crippen molar-refractivity contribution in [2.24, 2.45) is 0 Å². The van der Waals surface area contributed by atoms with Gasteiger partial charge in [0.15, 0.2) is 0 Å². The fraction of sp³-hybridized carbons (Fsp3) is 0.111. The van der Waals surface area contributed by atoms with Crippen molar-refractivity contribution in [3.63, 3.8) is 0 Å². The van der Waals surface area contributed by atoms with E-state index in [2.05, 4.69) is 125 Å². The molecule has 0 unspecified atom stereocenters. The lowest BCUT2D eigenvalue weighted by Crippen LogP contribution is -1.94. The molecule has 0 saturated heterocycles. The van der Waals surface area contributed by atoms with Crippen LogP contribution in [0.1, 0.15) is 22.3 Å². The van der Waals surface area contributed by atoms with Gasteiger partial charge in [-0.1, -0.05) is 114 Å². The summed E-state index contributed by atoms with van der Waals surface area (Å²) in [6.07, 6.45) is 0. The first-order valence-electron chi connectivity index (χ1n) is 12.8. The molecule has 0 nitrogen and oxygen atoms in total. The summed E-state index contributed by atoms with van der Waals surface area (Å²) in [5.74, 6) is 0. The third kappa shape index (κ3) is 2.94. The van der Waals surface area contributed by atoms with Crippen molar-refractivity contribution >= 4 is 21.5 Å². The maximum Gasteiger partial charge on any atom is -0.000741 e. The van der Waals surface area contributed by atoms with Gasteiger partial charge >= 0.3 is 0 Å². The second-order valence-electron chi connectivity index (χ2n) is 10.4. The van der Waals surface area contributed by atoms with E-state index in [1.807, 2.05) is 0 Å². The van der Waals surface area contributed by atoms with E-state index in [0.29, 0.717) is 0 Å². The van der Waals surface area contributed by atoms with Crippen molar-refractivity contribution in [1.82, 2.24) is 0 Å². The number of fused-ring (bicyclic) bond motifs is 4. The number of hydrogen-bond donors (Lipinski definition) is 0. The van der Waals surface area contributed by atoms with Crippen LogP contribution in [-0.2, 0) is 0 Å². The van der Waals surface area contributed by atoms with Crippen molar-refractivity contribution < 1.29 is 0 Å². The van der Waals surface area contributed by atoms with Crippen molar-refractivity contribution in [1.29, 1.82) is 0 Å². The summed E-state index contributed by atoms with van der Waals surface area (Å²) >= 11 is 0. The van der Waals surface area contributed by atoms with Crippen LogP contribution in [0.4, 0.5) is 0 Å². The highest BCUT2D eigenvalue weighted by Crippen LogP contribution is 2.58. The van der Waals surface area contributed by atoms with Crippen LogP contribution in [0.5, 0.6) is 0 Å². The molecule has 0 saturated carbocycles. The van der Waals surface area contributed by atoms with Gasteiger partial charge in [-0.3, -0.25) is 0 Å². The Kier molecular flexibility index (Phi) is 4.51. The predicted octanol–water partition coefficient (Wildman–Crippen LogP) is 10.2. The van der Waals surface area contributed by atoms with Crippen LogP contribution in [0.25, 0.3) is 66.1 Å². The van der Waals surface area contributed by atoms with Crippen molar-refractivity contribution in [3.05, 3.63) is 119 Å². The van der Waals surface area contributed by atoms with Crippen LogP contribution in [-0.4, -0.2) is 0 Å². The standard InChI is InChI=1S/C36H28/c1-21-8-5-10-25(18-21)32-28-16-14-23(3)20-31(28)33(26-11-6-9-22(2)19-26)35-29-13-7-12-27-24(4)15-17-30(34(27)29)36(32)35/h5-20H,1-4H3. The van der Waals surface area contributed by atoms with Gasteiger partial charge < -0.3 is 0 Å². The average Bonchev–Trinajstić information content (AvgIpc) is 3.19. The molecule has 0 aliphatic heterocycles. The zero-order valence-electron chi connectivity index (χ0n) is 21.2. The van der Waals surface area contributed by atoms with Gasteiger partial charge in [-0.15, -0.1) is 0 Å². The van der Waals surface area contributed by atoms with Gasteiger partial charge in [0, 0.05) is 0 Å². The van der Waals surface area contributed by atoms with E-state index in [0.717, 1.165) is 0 Å². The molecule has 0 radical (unpaired) electrons. The van der Waals surface area contributed by atoms with E-state index in [4.69, 9.17) is 0 Å². The summed E-state index contributed by atoms with van der Waals surface area (Å²) in [6.45, 7) is 8.82. The molecule has 36 heavy (non-hydrogen) atoms. The zero-order chi connectivity index (χ0) is 24.6. The van der Waals surface area contributed by atoms with E-state index in [1.54, 1.807) is 0 Å². The Hall–Kier alpha value is -4.16. The van der Waals surface area contributed by atoms with E-state index < -0.39 is 0 Å². The highest BCUT2D eigenvalue weighted by Gasteiger charge is 2.30. The third-order valence-electron chi connectivity index (χ3n) is 7.87. The van der Waals surface area contributed by atoms with Gasteiger partial charge in [0.25, 0.3) is 0 Å². The van der Waals surface area contributed by atoms with Crippen molar-refractivity contribution in [2.45, 2.75) is 27.7 Å². The molecular weight excluding hydrogens is 432 g/mol. The van der Waals surface area contributed by atoms with Gasteiger partial charge in [0.05, 0.1) is 0 Å². The summed E-state index contributed by atoms with van der Waals surface area (Å²) in [4.78, 5) is 0. The molecule has 1 aliphatic rings. The molecule has 0 fully saturated rings. The lowest BCUT2D eigenvalue weighted by molar-refractivity contribution is 1.46. The lowest BCUT2D eigenvalue weighted by atomic mass is 9.82. The normalized spacial score (nSPS) is 11.9. The maximum absolute atomic E-state index is 2.39. The molecule has 7 rings (SSSR count). The molecule has 6 aromatic rings. The lowest BCUT2D eigenvalue weighted by Gasteiger charge is -2.21. The SMILES string of the molecule is Cc1cccc(-c2c3c(c(-c4cccc(C)c4)c4cc(C)ccc24)-c2cccc4c(C)ccc-3c24)c1. The highest BCUT2D eigenvalue weighted by molar-refractivity contribution is 6.27. The fourth-order valence-electron chi connectivity index (χ4n) is 6.31. The van der Waals surface area contributed by atoms with Crippen LogP contribution >= 0.6 is 0 Å². The molecule has 6 aromatic carbocycles. The molecule has 172 valence electrons. The number of aryl methyl sites for hydroxylation is 4. The first kappa shape index (κ1) is 21.1. The molecule has 0 heterocycles. The quantitative estimate of drug-likeness (QED) is 0.241. The van der Waals surface area contributed by atoms with Crippen molar-refractivity contribution in [3.8, 4) is 44.5 Å². The minimum absolute atomic E-state index is 1.29. The van der Waals surface area contributed by atoms with E-state index in [1.165, 1.54) is 88.3 Å². The zero-order valence-corrected chi connectivity index (χ0v) is 21.2. The first-order valence-corrected chi connectivity index (χ1v) is 12.8. The fourth-order valence-corrected chi connectivity index (χ4v) is 6.31. The number of benzene rings is 6. The van der Waals surface area contributed by atoms with E-state index >= 15 is 0 Å². The van der Waals surface area contributed by atoms with Crippen LogP contribution in [0.2, 0.25) is 0 Å². The molecule has 1 aliphatic carbocycles. The Labute approximate surface area is 212 Å². The number of rotatable bonds is 2. The van der Waals surface area contributed by atoms with Crippen LogP contribution in [0, 0.1) is 27.7 Å². The Morgan fingerprint density at radius 2 is 0.972 bits per heavy atom. The number of hydrogen-bond acceptors (Lipinski definition) is 0. The molecular formula is C36H28. The van der Waals surface area contributed by atoms with E-state index in [-0.39, 0.29) is 0 Å². The van der Waals surface area contributed by atoms with Gasteiger partial charge in [-0.25, -0.2) is 0 Å². The monoisotopic (exact) mass is 460 g/mol. The summed E-state index contributed by atoms with van der Waals surface area (Å²) in [5.41, 5.74) is 15.9. The summed E-state index contributed by atoms with van der Waals surface area (Å²) in [7, 11) is 0. The Morgan fingerprint density at radius 1 is 0.389 bits per heavy atom. The molecule has 0 bridgehead atoms. The Balaban J connectivity index is 1.78. The predicted molar refractivity (Wildman–Crippen MR) is 156 cm³/mol. The maximum atomic E-state index is 2.39. The first-order chi connectivity index (χ1) is 17.5. The third-order valence-corrected chi connectivity index (χ3v) is 7.87. The van der Waals surface area contributed by atoms with Gasteiger partial charge in [0.1, 0.15) is 0 Å². The summed E-state index contributed by atoms with van der Waals surface area (Å²) in [6, 6.07) is 36.5. The second kappa shape index (κ2) is 7.67. The van der Waals surface area contributed by atoms with Gasteiger partial charge in [-0.05, 0) is 99.3 Å². The smallest absolute Gasteiger partial charge is 0.000741 e. The molecule has 0 N–H and O–H groups in total. The minimum Gasteiger partial charge on any atom is -0.0614 e. The van der Waals surface area contributed by atoms with E-state index in [9.17, 15) is 0 Å². The topological polar surface area (TPSA) is 0 Å². The van der Waals surface area contributed by atoms with Gasteiger partial charge in [0.2, 0.25) is 0 Å². The van der Waals surface area contributed by atoms with Crippen LogP contribution < -0.4 is 0 Å². The molecule has 0 heteroatoms. The van der Waals surface area contributed by atoms with Crippen LogP contribution in [0.15, 0.2) is 97.1 Å². The summed E-state index contributed by atoms with van der Waals surface area (Å²) in [5, 5.41) is 5.40. The molecule has 0 aromatic heterocycles. The minimum atomic E-state index is 1.29. The highest BCUT2D eigenvalue weighted by atomic mass is 14.3. The van der Waals surface area contributed by atoms with Crippen molar-refractivity contribution in [2.75, 3.05) is 0 Å². The van der Waals surface area contributed by atoms with Gasteiger partial charge in [-0.2, -0.15) is 0 Å². The molecule has 0 amide bonds. The van der Waals surface area contributed by atoms with Crippen LogP contribution in [0.3, 0.4) is 0 Å². The molecule has 0 atom stereocenters. The molecule has 0 spiro atoms. The Bertz CT molecular complexity index is 1870. The second-order valence-corrected chi connectivity index (χ2v) is 10.4. The summed E-state index contributed by atoms with van der Waals surface area (Å²) < 4.78 is 0. The average molecular weight is 461 g/mol. The Morgan fingerprint density at radius 3 is 1.64 bits per heavy atom. The largest absolute Gasteiger partial charge is 0.0614 e.